The monoisotopic (exact) mass is 441 g/mol. The van der Waals surface area contributed by atoms with Crippen LogP contribution in [0.3, 0.4) is 0 Å². The number of carbonyl (C=O) groups excluding carboxylic acids is 2. The highest BCUT2D eigenvalue weighted by molar-refractivity contribution is 6.02. The predicted molar refractivity (Wildman–Crippen MR) is 120 cm³/mol. The molecule has 0 saturated heterocycles. The van der Waals surface area contributed by atoms with E-state index >= 15 is 0 Å². The first-order valence-corrected chi connectivity index (χ1v) is 9.95. The van der Waals surface area contributed by atoms with Crippen molar-refractivity contribution in [2.45, 2.75) is 26.9 Å². The average Bonchev–Trinajstić information content (AvgIpc) is 3.24. The van der Waals surface area contributed by atoms with Gasteiger partial charge in [-0.2, -0.15) is 0 Å². The van der Waals surface area contributed by atoms with E-state index in [4.69, 9.17) is 18.9 Å². The minimum Gasteiger partial charge on any atom is -0.496 e. The zero-order chi connectivity index (χ0) is 23.4. The lowest BCUT2D eigenvalue weighted by molar-refractivity contribution is -0.128. The van der Waals surface area contributed by atoms with Gasteiger partial charge in [0.2, 0.25) is 0 Å². The number of hydrogen-bond acceptors (Lipinski definition) is 6. The number of hydrazine groups is 1. The third-order valence-electron chi connectivity index (χ3n) is 5.21. The average molecular weight is 441 g/mol. The van der Waals surface area contributed by atoms with E-state index in [-0.39, 0.29) is 5.69 Å². The largest absolute Gasteiger partial charge is 0.496 e. The van der Waals surface area contributed by atoms with Gasteiger partial charge in [0.1, 0.15) is 17.2 Å². The van der Waals surface area contributed by atoms with E-state index in [9.17, 15) is 9.59 Å². The van der Waals surface area contributed by atoms with E-state index in [0.29, 0.717) is 33.9 Å². The summed E-state index contributed by atoms with van der Waals surface area (Å²) in [6, 6.07) is 8.90. The van der Waals surface area contributed by atoms with Gasteiger partial charge in [-0.3, -0.25) is 20.4 Å². The summed E-state index contributed by atoms with van der Waals surface area (Å²) in [7, 11) is 4.53. The van der Waals surface area contributed by atoms with E-state index in [1.165, 1.54) is 21.3 Å². The molecule has 9 nitrogen and oxygen atoms in total. The smallest absolute Gasteiger partial charge is 0.286 e. The van der Waals surface area contributed by atoms with Gasteiger partial charge in [0.05, 0.1) is 26.8 Å². The quantitative estimate of drug-likeness (QED) is 0.486. The molecule has 0 bridgehead atoms. The Hall–Kier alpha value is -3.88. The fourth-order valence-corrected chi connectivity index (χ4v) is 3.24. The van der Waals surface area contributed by atoms with Gasteiger partial charge < -0.3 is 23.9 Å². The zero-order valence-corrected chi connectivity index (χ0v) is 18.9. The summed E-state index contributed by atoms with van der Waals surface area (Å²) in [6.07, 6.45) is -0.817. The lowest BCUT2D eigenvalue weighted by Crippen LogP contribution is -2.47. The number of hydrogen-bond donors (Lipinski definition) is 3. The van der Waals surface area contributed by atoms with Crippen molar-refractivity contribution in [1.82, 2.24) is 15.8 Å². The second kappa shape index (κ2) is 9.51. The number of benzene rings is 2. The van der Waals surface area contributed by atoms with Crippen LogP contribution < -0.4 is 29.8 Å². The van der Waals surface area contributed by atoms with Gasteiger partial charge >= 0.3 is 0 Å². The highest BCUT2D eigenvalue weighted by Crippen LogP contribution is 2.41. The highest BCUT2D eigenvalue weighted by Gasteiger charge is 2.21. The highest BCUT2D eigenvalue weighted by atomic mass is 16.5. The minimum absolute atomic E-state index is 0.202. The fraction of sp³-hybridized carbons (Fsp3) is 0.304. The number of aromatic nitrogens is 1. The van der Waals surface area contributed by atoms with Crippen LogP contribution in [0.1, 0.15) is 28.5 Å². The molecule has 0 spiro atoms. The number of aryl methyl sites for hydroxylation is 1. The maximum absolute atomic E-state index is 12.6. The third-order valence-corrected chi connectivity index (χ3v) is 5.21. The molecule has 1 unspecified atom stereocenters. The Morgan fingerprint density at radius 2 is 1.66 bits per heavy atom. The van der Waals surface area contributed by atoms with Crippen molar-refractivity contribution in [2.75, 3.05) is 21.3 Å². The third kappa shape index (κ3) is 4.41. The maximum Gasteiger partial charge on any atom is 0.286 e. The van der Waals surface area contributed by atoms with Crippen molar-refractivity contribution < 1.29 is 28.5 Å². The van der Waals surface area contributed by atoms with Crippen LogP contribution in [-0.4, -0.2) is 44.2 Å². The molecule has 0 aliphatic heterocycles. The molecule has 3 N–H and O–H groups in total. The molecule has 170 valence electrons. The number of methoxy groups -OCH3 is 3. The summed E-state index contributed by atoms with van der Waals surface area (Å²) in [4.78, 5) is 28.1. The van der Waals surface area contributed by atoms with Crippen molar-refractivity contribution >= 4 is 22.7 Å². The molecule has 0 radical (unpaired) electrons. The molecule has 3 rings (SSSR count). The van der Waals surface area contributed by atoms with Crippen molar-refractivity contribution in [3.63, 3.8) is 0 Å². The van der Waals surface area contributed by atoms with E-state index in [1.807, 2.05) is 26.0 Å². The van der Waals surface area contributed by atoms with Crippen LogP contribution in [0.2, 0.25) is 0 Å². The molecule has 9 heteroatoms. The molecular weight excluding hydrogens is 414 g/mol. The van der Waals surface area contributed by atoms with E-state index in [1.54, 1.807) is 25.1 Å². The van der Waals surface area contributed by atoms with E-state index < -0.39 is 17.9 Å². The van der Waals surface area contributed by atoms with Crippen LogP contribution in [0.25, 0.3) is 10.9 Å². The maximum atomic E-state index is 12.6. The predicted octanol–water partition coefficient (Wildman–Crippen LogP) is 3.04. The minimum atomic E-state index is -0.817. The summed E-state index contributed by atoms with van der Waals surface area (Å²) in [6.45, 7) is 5.49. The Morgan fingerprint density at radius 1 is 0.938 bits per heavy atom. The van der Waals surface area contributed by atoms with Gasteiger partial charge in [0.15, 0.2) is 17.6 Å². The molecule has 0 aliphatic rings. The number of amides is 2. The number of aromatic amines is 1. The van der Waals surface area contributed by atoms with Crippen LogP contribution in [0.15, 0.2) is 30.3 Å². The van der Waals surface area contributed by atoms with Crippen molar-refractivity contribution in [3.8, 4) is 23.0 Å². The molecule has 2 amide bonds. The number of carbonyl (C=O) groups is 2. The lowest BCUT2D eigenvalue weighted by Gasteiger charge is -2.17. The SMILES string of the molecule is COc1cc(OC)c2cc(C(=O)NNC(=O)C(C)Oc3cccc(C)c3C)[nH]c2c1OC. The van der Waals surface area contributed by atoms with Crippen molar-refractivity contribution in [2.24, 2.45) is 0 Å². The van der Waals surface area contributed by atoms with Gasteiger partial charge in [-0.1, -0.05) is 12.1 Å². The number of rotatable bonds is 7. The Bertz CT molecular complexity index is 1150. The summed E-state index contributed by atoms with van der Waals surface area (Å²) in [5.74, 6) is 0.970. The lowest BCUT2D eigenvalue weighted by atomic mass is 10.1. The Balaban J connectivity index is 1.73. The summed E-state index contributed by atoms with van der Waals surface area (Å²) < 4.78 is 21.9. The standard InChI is InChI=1S/C23H27N3O6/c1-12-8-7-9-17(13(12)2)32-14(3)22(27)25-26-23(28)16-10-15-18(29-4)11-19(30-5)21(31-6)20(15)24-16/h7-11,14,24H,1-6H3,(H,25,27)(H,26,28). The van der Waals surface area contributed by atoms with E-state index in [0.717, 1.165) is 11.1 Å². The molecule has 2 aromatic carbocycles. The first-order valence-electron chi connectivity index (χ1n) is 9.95. The second-order valence-electron chi connectivity index (χ2n) is 7.19. The molecule has 1 heterocycles. The number of fused-ring (bicyclic) bond motifs is 1. The molecule has 0 saturated carbocycles. The molecule has 0 aliphatic carbocycles. The first-order chi connectivity index (χ1) is 15.3. The summed E-state index contributed by atoms with van der Waals surface area (Å²) >= 11 is 0. The van der Waals surface area contributed by atoms with Gasteiger partial charge in [-0.15, -0.1) is 0 Å². The topological polar surface area (TPSA) is 111 Å². The first kappa shape index (κ1) is 22.8. The van der Waals surface area contributed by atoms with Crippen molar-refractivity contribution in [3.05, 3.63) is 47.2 Å². The Kier molecular flexibility index (Phi) is 6.77. The van der Waals surface area contributed by atoms with Gasteiger partial charge in [-0.25, -0.2) is 0 Å². The van der Waals surface area contributed by atoms with Crippen LogP contribution in [0.5, 0.6) is 23.0 Å². The number of ether oxygens (including phenoxy) is 4. The van der Waals surface area contributed by atoms with E-state index in [2.05, 4.69) is 15.8 Å². The Labute approximate surface area is 186 Å². The normalized spacial score (nSPS) is 11.6. The second-order valence-corrected chi connectivity index (χ2v) is 7.19. The van der Waals surface area contributed by atoms with Crippen LogP contribution in [0.4, 0.5) is 0 Å². The summed E-state index contributed by atoms with van der Waals surface area (Å²) in [5, 5.41) is 0.633. The molecule has 1 aromatic heterocycles. The van der Waals surface area contributed by atoms with Gasteiger partial charge in [-0.05, 0) is 44.0 Å². The van der Waals surface area contributed by atoms with Crippen LogP contribution in [0, 0.1) is 13.8 Å². The zero-order valence-electron chi connectivity index (χ0n) is 18.9. The molecule has 0 fully saturated rings. The molecule has 32 heavy (non-hydrogen) atoms. The fourth-order valence-electron chi connectivity index (χ4n) is 3.24. The van der Waals surface area contributed by atoms with Crippen LogP contribution >= 0.6 is 0 Å². The van der Waals surface area contributed by atoms with Crippen molar-refractivity contribution in [1.29, 1.82) is 0 Å². The number of nitrogens with one attached hydrogen (secondary N) is 3. The molecule has 3 aromatic rings. The Morgan fingerprint density at radius 3 is 2.31 bits per heavy atom. The summed E-state index contributed by atoms with van der Waals surface area (Å²) in [5.41, 5.74) is 7.53. The molecular formula is C23H27N3O6. The van der Waals surface area contributed by atoms with Crippen LogP contribution in [-0.2, 0) is 4.79 Å². The van der Waals surface area contributed by atoms with Gasteiger partial charge in [0, 0.05) is 11.5 Å². The number of H-pyrrole nitrogens is 1. The van der Waals surface area contributed by atoms with Gasteiger partial charge in [0.25, 0.3) is 11.8 Å². The molecule has 1 atom stereocenters.